The van der Waals surface area contributed by atoms with Crippen LogP contribution >= 0.6 is 0 Å². The van der Waals surface area contributed by atoms with Crippen LogP contribution in [0.15, 0.2) is 265 Å². The number of furan rings is 1. The molecule has 0 aliphatic heterocycles. The lowest BCUT2D eigenvalue weighted by molar-refractivity contribution is 0.673. The van der Waals surface area contributed by atoms with Crippen molar-refractivity contribution in [3.63, 3.8) is 0 Å². The second-order valence-corrected chi connectivity index (χ2v) is 19.1. The van der Waals surface area contributed by atoms with Gasteiger partial charge in [0, 0.05) is 54.7 Å². The minimum Gasteiger partial charge on any atom is -0.452 e. The average molecular weight is 958 g/mol. The molecule has 0 unspecified atom stereocenters. The summed E-state index contributed by atoms with van der Waals surface area (Å²) < 4.78 is 12.2. The van der Waals surface area contributed by atoms with Crippen molar-refractivity contribution < 1.29 is 4.42 Å². The monoisotopic (exact) mass is 957 g/mol. The zero-order valence-corrected chi connectivity index (χ0v) is 40.5. The molecule has 75 heavy (non-hydrogen) atoms. The van der Waals surface area contributed by atoms with Gasteiger partial charge in [-0.15, -0.1) is 0 Å². The molecule has 350 valence electrons. The Morgan fingerprint density at radius 2 is 0.707 bits per heavy atom. The summed E-state index contributed by atoms with van der Waals surface area (Å²) in [7, 11) is 0. The Morgan fingerprint density at radius 3 is 1.36 bits per heavy atom. The minimum absolute atomic E-state index is 0.560. The molecule has 0 fully saturated rings. The number of aromatic nitrogens is 5. The van der Waals surface area contributed by atoms with Gasteiger partial charge in [-0.25, -0.2) is 15.0 Å². The van der Waals surface area contributed by atoms with Gasteiger partial charge in [0.05, 0.1) is 27.8 Å². The Bertz CT molecular complexity index is 4700. The van der Waals surface area contributed by atoms with E-state index in [1.807, 2.05) is 12.1 Å². The number of hydrogen-bond acceptors (Lipinski definition) is 4. The van der Waals surface area contributed by atoms with Crippen molar-refractivity contribution in [2.24, 2.45) is 0 Å². The molecule has 15 aromatic rings. The van der Waals surface area contributed by atoms with Gasteiger partial charge in [-0.3, -0.25) is 0 Å². The molecule has 0 aliphatic rings. The van der Waals surface area contributed by atoms with Crippen LogP contribution in [0.4, 0.5) is 0 Å². The quantitative estimate of drug-likeness (QED) is 0.152. The Hall–Kier alpha value is -10.2. The summed E-state index contributed by atoms with van der Waals surface area (Å²) in [5.41, 5.74) is 17.1. The van der Waals surface area contributed by atoms with E-state index in [0.29, 0.717) is 17.5 Å². The van der Waals surface area contributed by atoms with Gasteiger partial charge < -0.3 is 13.6 Å². The van der Waals surface area contributed by atoms with Crippen molar-refractivity contribution in [1.82, 2.24) is 24.1 Å². The number of rotatable bonds is 8. The van der Waals surface area contributed by atoms with E-state index in [2.05, 4.69) is 258 Å². The summed E-state index contributed by atoms with van der Waals surface area (Å²) in [6.45, 7) is 0. The molecule has 6 heteroatoms. The maximum atomic E-state index is 7.50. The van der Waals surface area contributed by atoms with Gasteiger partial charge in [0.1, 0.15) is 0 Å². The smallest absolute Gasteiger partial charge is 0.166 e. The Kier molecular flexibility index (Phi) is 9.78. The number of nitrogens with zero attached hydrogens (tertiary/aromatic N) is 5. The first-order chi connectivity index (χ1) is 37.2. The van der Waals surface area contributed by atoms with Crippen molar-refractivity contribution in [2.75, 3.05) is 0 Å². The van der Waals surface area contributed by atoms with E-state index < -0.39 is 0 Å². The summed E-state index contributed by atoms with van der Waals surface area (Å²) in [5.74, 6) is 1.73. The topological polar surface area (TPSA) is 61.7 Å². The van der Waals surface area contributed by atoms with Crippen LogP contribution < -0.4 is 0 Å². The predicted octanol–water partition coefficient (Wildman–Crippen LogP) is 18.0. The molecule has 11 aromatic carbocycles. The van der Waals surface area contributed by atoms with Crippen LogP contribution in [0.3, 0.4) is 0 Å². The molecule has 0 radical (unpaired) electrons. The van der Waals surface area contributed by atoms with Crippen molar-refractivity contribution in [3.8, 4) is 78.9 Å². The molecule has 15 rings (SSSR count). The predicted molar refractivity (Wildman–Crippen MR) is 308 cm³/mol. The van der Waals surface area contributed by atoms with Crippen molar-refractivity contribution in [1.29, 1.82) is 0 Å². The molecule has 4 heterocycles. The van der Waals surface area contributed by atoms with Crippen LogP contribution in [0.5, 0.6) is 0 Å². The van der Waals surface area contributed by atoms with Gasteiger partial charge in [-0.1, -0.05) is 206 Å². The van der Waals surface area contributed by atoms with Gasteiger partial charge in [-0.05, 0) is 88.0 Å². The van der Waals surface area contributed by atoms with E-state index in [1.54, 1.807) is 0 Å². The fourth-order valence-corrected chi connectivity index (χ4v) is 11.4. The van der Waals surface area contributed by atoms with E-state index in [9.17, 15) is 0 Å². The largest absolute Gasteiger partial charge is 0.452 e. The zero-order valence-electron chi connectivity index (χ0n) is 40.5. The molecular formula is C69H43N5O. The first-order valence-electron chi connectivity index (χ1n) is 25.3. The number of fused-ring (bicyclic) bond motifs is 11. The van der Waals surface area contributed by atoms with Crippen LogP contribution in [-0.2, 0) is 0 Å². The molecule has 0 amide bonds. The Morgan fingerprint density at radius 1 is 0.267 bits per heavy atom. The van der Waals surface area contributed by atoms with E-state index in [-0.39, 0.29) is 0 Å². The number of benzene rings is 11. The van der Waals surface area contributed by atoms with E-state index >= 15 is 0 Å². The third-order valence-corrected chi connectivity index (χ3v) is 14.8. The molecule has 0 spiro atoms. The fraction of sp³-hybridized carbons (Fsp3) is 0. The van der Waals surface area contributed by atoms with Crippen LogP contribution in [-0.4, -0.2) is 24.1 Å². The summed E-state index contributed by atoms with van der Waals surface area (Å²) in [6, 6.07) is 91.9. The molecule has 0 saturated carbocycles. The third kappa shape index (κ3) is 6.92. The second-order valence-electron chi connectivity index (χ2n) is 19.1. The van der Waals surface area contributed by atoms with Gasteiger partial charge in [0.25, 0.3) is 0 Å². The summed E-state index contributed by atoms with van der Waals surface area (Å²) >= 11 is 0. The summed E-state index contributed by atoms with van der Waals surface area (Å²) in [5, 5.41) is 6.60. The third-order valence-electron chi connectivity index (χ3n) is 14.8. The second kappa shape index (κ2) is 17.3. The lowest BCUT2D eigenvalue weighted by Crippen LogP contribution is -2.04. The van der Waals surface area contributed by atoms with Crippen molar-refractivity contribution >= 4 is 65.6 Å². The van der Waals surface area contributed by atoms with Gasteiger partial charge >= 0.3 is 0 Å². The minimum atomic E-state index is 0.560. The van der Waals surface area contributed by atoms with E-state index in [0.717, 1.165) is 116 Å². The highest BCUT2D eigenvalue weighted by atomic mass is 16.3. The lowest BCUT2D eigenvalue weighted by atomic mass is 9.99. The Labute approximate surface area is 431 Å². The van der Waals surface area contributed by atoms with Crippen LogP contribution in [0.1, 0.15) is 0 Å². The first kappa shape index (κ1) is 42.5. The van der Waals surface area contributed by atoms with Gasteiger partial charge in [0.15, 0.2) is 28.6 Å². The zero-order chi connectivity index (χ0) is 49.4. The van der Waals surface area contributed by atoms with E-state index in [4.69, 9.17) is 19.4 Å². The van der Waals surface area contributed by atoms with Crippen molar-refractivity contribution in [3.05, 3.63) is 261 Å². The maximum Gasteiger partial charge on any atom is 0.166 e. The van der Waals surface area contributed by atoms with E-state index in [1.165, 1.54) is 10.9 Å². The molecular weight excluding hydrogens is 915 g/mol. The normalized spacial score (nSPS) is 11.7. The molecule has 0 saturated heterocycles. The first-order valence-corrected chi connectivity index (χ1v) is 25.3. The fourth-order valence-electron chi connectivity index (χ4n) is 11.4. The standard InChI is InChI=1S/C69H43N5O/c1-4-20-44(21-5-1)47-26-18-28-49(42-47)67-70-68(58-33-11-10-30-51(58)46-24-8-3-9-25-46)72-69(71-67)59-34-14-17-37-62(59)74-61-36-16-13-32-53(61)55-39-41-57-56-40-38-54-52-31-12-15-35-60(52)73(63(54)65(56)75-66(57)64(55)74)50-29-19-27-48(43-50)45-22-6-2-7-23-45/h1-43H. The molecule has 0 aliphatic carbocycles. The van der Waals surface area contributed by atoms with Crippen molar-refractivity contribution in [2.45, 2.75) is 0 Å². The summed E-state index contributed by atoms with van der Waals surface area (Å²) in [6.07, 6.45) is 0. The molecule has 0 atom stereocenters. The molecule has 0 bridgehead atoms. The molecule has 0 N–H and O–H groups in total. The maximum absolute atomic E-state index is 7.50. The molecule has 4 aromatic heterocycles. The number of para-hydroxylation sites is 3. The average Bonchev–Trinajstić information content (AvgIpc) is 4.17. The summed E-state index contributed by atoms with van der Waals surface area (Å²) in [4.78, 5) is 16.2. The van der Waals surface area contributed by atoms with Crippen LogP contribution in [0.25, 0.3) is 144 Å². The number of hydrogen-bond donors (Lipinski definition) is 0. The van der Waals surface area contributed by atoms with Crippen LogP contribution in [0, 0.1) is 0 Å². The Balaban J connectivity index is 0.988. The highest BCUT2D eigenvalue weighted by Gasteiger charge is 2.25. The van der Waals surface area contributed by atoms with Crippen LogP contribution in [0.2, 0.25) is 0 Å². The SMILES string of the molecule is c1ccc(-c2cccc(-c3nc(-c4ccccc4-c4ccccc4)nc(-c4ccccc4-n4c5ccccc5c5ccc6c7ccc8c9ccccc9n(-c9cccc(-c%10ccccc%10)c9)c8c7oc6c54)n3)c2)cc1. The highest BCUT2D eigenvalue weighted by Crippen LogP contribution is 2.46. The molecule has 6 nitrogen and oxygen atoms in total. The van der Waals surface area contributed by atoms with Gasteiger partial charge in [-0.2, -0.15) is 0 Å². The van der Waals surface area contributed by atoms with Gasteiger partial charge in [0.2, 0.25) is 0 Å². The highest BCUT2D eigenvalue weighted by molar-refractivity contribution is 6.26. The lowest BCUT2D eigenvalue weighted by Gasteiger charge is -2.15.